The molecule has 3 rings (SSSR count). The summed E-state index contributed by atoms with van der Waals surface area (Å²) in [5, 5.41) is 4.47. The lowest BCUT2D eigenvalue weighted by Crippen LogP contribution is -2.21. The van der Waals surface area contributed by atoms with Crippen molar-refractivity contribution in [3.63, 3.8) is 0 Å². The highest BCUT2D eigenvalue weighted by Gasteiger charge is 2.27. The van der Waals surface area contributed by atoms with Gasteiger partial charge in [-0.15, -0.1) is 4.36 Å². The van der Waals surface area contributed by atoms with E-state index >= 15 is 0 Å². The predicted molar refractivity (Wildman–Crippen MR) is 90.1 cm³/mol. The molecule has 1 heterocycles. The molecule has 0 N–H and O–H groups in total. The average molecular weight is 332 g/mol. The van der Waals surface area contributed by atoms with Crippen molar-refractivity contribution in [3.8, 4) is 5.69 Å². The Balaban J connectivity index is 2.09. The largest absolute Gasteiger partial charge is 0.306 e. The van der Waals surface area contributed by atoms with Gasteiger partial charge in [-0.05, 0) is 31.4 Å². The Hall–Kier alpha value is -1.99. The summed E-state index contributed by atoms with van der Waals surface area (Å²) in [7, 11) is 0.581. The Morgan fingerprint density at radius 1 is 1.26 bits per heavy atom. The van der Waals surface area contributed by atoms with Crippen LogP contribution >= 0.6 is 0 Å². The molecule has 122 valence electrons. The van der Waals surface area contributed by atoms with Crippen LogP contribution in [0.4, 0.5) is 0 Å². The fourth-order valence-corrected chi connectivity index (χ4v) is 3.23. The third kappa shape index (κ3) is 2.94. The minimum atomic E-state index is -2.71. The number of benzene rings is 1. The Bertz CT molecular complexity index is 862. The molecule has 0 fully saturated rings. The molecular formula is C16H20N4O2S. The van der Waals surface area contributed by atoms with Crippen LogP contribution in [0, 0.1) is 0 Å². The number of amides is 1. The molecule has 1 unspecified atom stereocenters. The van der Waals surface area contributed by atoms with Gasteiger partial charge < -0.3 is 0 Å². The van der Waals surface area contributed by atoms with E-state index in [-0.39, 0.29) is 0 Å². The van der Waals surface area contributed by atoms with Gasteiger partial charge in [0.1, 0.15) is 9.92 Å². The van der Waals surface area contributed by atoms with E-state index in [9.17, 15) is 9.00 Å². The minimum Gasteiger partial charge on any atom is -0.264 e. The van der Waals surface area contributed by atoms with E-state index in [2.05, 4.69) is 9.46 Å². The normalized spacial score (nSPS) is 16.2. The van der Waals surface area contributed by atoms with Gasteiger partial charge in [0.05, 0.1) is 5.69 Å². The number of nitrogens with zero attached hydrogens (tertiary/aromatic N) is 4. The number of carbonyl (C=O) groups is 1. The van der Waals surface area contributed by atoms with Gasteiger partial charge in [-0.1, -0.05) is 18.2 Å². The van der Waals surface area contributed by atoms with Gasteiger partial charge in [0, 0.05) is 31.6 Å². The lowest BCUT2D eigenvalue weighted by Gasteiger charge is -2.10. The second-order valence-corrected chi connectivity index (χ2v) is 8.28. The molecule has 2 aromatic rings. The summed E-state index contributed by atoms with van der Waals surface area (Å²) < 4.78 is 19.5. The highest BCUT2D eigenvalue weighted by Crippen LogP contribution is 2.28. The fraction of sp³-hybridized carbons (Fsp3) is 0.375. The second-order valence-electron chi connectivity index (χ2n) is 5.85. The van der Waals surface area contributed by atoms with Gasteiger partial charge in [-0.2, -0.15) is 5.10 Å². The van der Waals surface area contributed by atoms with Crippen molar-refractivity contribution in [2.24, 2.45) is 4.36 Å². The molecular weight excluding hydrogens is 312 g/mol. The first-order chi connectivity index (χ1) is 10.9. The molecule has 1 atom stereocenters. The Morgan fingerprint density at radius 3 is 2.61 bits per heavy atom. The van der Waals surface area contributed by atoms with Crippen LogP contribution in [0.15, 0.2) is 34.7 Å². The van der Waals surface area contributed by atoms with Gasteiger partial charge in [-0.3, -0.25) is 4.79 Å². The number of hydrogen-bond donors (Lipinski definition) is 0. The molecule has 1 aromatic carbocycles. The first kappa shape index (κ1) is 15.9. The van der Waals surface area contributed by atoms with Crippen molar-refractivity contribution in [1.82, 2.24) is 14.1 Å². The smallest absolute Gasteiger partial charge is 0.264 e. The van der Waals surface area contributed by atoms with Crippen LogP contribution in [0.3, 0.4) is 0 Å². The van der Waals surface area contributed by atoms with Crippen molar-refractivity contribution in [2.45, 2.75) is 19.3 Å². The van der Waals surface area contributed by atoms with Crippen LogP contribution in [-0.4, -0.2) is 44.6 Å². The van der Waals surface area contributed by atoms with Crippen LogP contribution < -0.4 is 0 Å². The van der Waals surface area contributed by atoms with E-state index in [1.807, 2.05) is 35.0 Å². The monoisotopic (exact) mass is 332 g/mol. The second kappa shape index (κ2) is 5.90. The zero-order chi connectivity index (χ0) is 16.6. The molecule has 23 heavy (non-hydrogen) atoms. The maximum Gasteiger partial charge on any atom is 0.306 e. The summed E-state index contributed by atoms with van der Waals surface area (Å²) in [6, 6.07) is 9.74. The van der Waals surface area contributed by atoms with Crippen LogP contribution in [0.5, 0.6) is 0 Å². The molecule has 0 aliphatic heterocycles. The maximum atomic E-state index is 12.5. The van der Waals surface area contributed by atoms with Crippen LogP contribution in [0.1, 0.15) is 28.2 Å². The van der Waals surface area contributed by atoms with Gasteiger partial charge in [-0.25, -0.2) is 13.2 Å². The molecule has 0 spiro atoms. The van der Waals surface area contributed by atoms with Gasteiger partial charge in [0.2, 0.25) is 0 Å². The summed E-state index contributed by atoms with van der Waals surface area (Å²) in [6.07, 6.45) is 4.15. The lowest BCUT2D eigenvalue weighted by atomic mass is 10.2. The zero-order valence-corrected chi connectivity index (χ0v) is 14.3. The molecule has 1 aliphatic rings. The molecule has 0 saturated carbocycles. The quantitative estimate of drug-likeness (QED) is 0.864. The van der Waals surface area contributed by atoms with E-state index in [1.165, 1.54) is 10.6 Å². The number of para-hydroxylation sites is 1. The molecule has 1 aliphatic carbocycles. The van der Waals surface area contributed by atoms with Crippen LogP contribution in [0.2, 0.25) is 0 Å². The fourth-order valence-electron chi connectivity index (χ4n) is 2.67. The Kier molecular flexibility index (Phi) is 4.08. The summed E-state index contributed by atoms with van der Waals surface area (Å²) in [5.74, 6) is -0.501. The molecule has 1 amide bonds. The van der Waals surface area contributed by atoms with E-state index in [0.29, 0.717) is 5.69 Å². The van der Waals surface area contributed by atoms with Crippen LogP contribution in [0.25, 0.3) is 5.69 Å². The Morgan fingerprint density at radius 2 is 1.96 bits per heavy atom. The molecule has 0 saturated heterocycles. The summed E-state index contributed by atoms with van der Waals surface area (Å²) in [5.41, 5.74) is 3.26. The number of aromatic nitrogens is 2. The highest BCUT2D eigenvalue weighted by atomic mass is 32.2. The van der Waals surface area contributed by atoms with Crippen molar-refractivity contribution in [1.29, 1.82) is 0 Å². The summed E-state index contributed by atoms with van der Waals surface area (Å²) >= 11 is 0. The Labute approximate surface area is 136 Å². The van der Waals surface area contributed by atoms with E-state index in [0.717, 1.165) is 36.2 Å². The third-order valence-electron chi connectivity index (χ3n) is 4.06. The summed E-state index contributed by atoms with van der Waals surface area (Å²) in [6.45, 7) is 0. The van der Waals surface area contributed by atoms with Crippen molar-refractivity contribution < 1.29 is 9.00 Å². The van der Waals surface area contributed by atoms with Crippen molar-refractivity contribution in [2.75, 3.05) is 20.4 Å². The topological polar surface area (TPSA) is 67.6 Å². The van der Waals surface area contributed by atoms with E-state index in [4.69, 9.17) is 0 Å². The lowest BCUT2D eigenvalue weighted by molar-refractivity contribution is 0.0998. The third-order valence-corrected chi connectivity index (χ3v) is 5.92. The van der Waals surface area contributed by atoms with Gasteiger partial charge in [0.15, 0.2) is 5.69 Å². The molecule has 0 bridgehead atoms. The average Bonchev–Trinajstić information content (AvgIpc) is 3.09. The minimum absolute atomic E-state index is 0.331. The number of hydrogen-bond acceptors (Lipinski definition) is 3. The first-order valence-corrected chi connectivity index (χ1v) is 9.38. The number of rotatable bonds is 3. The first-order valence-electron chi connectivity index (χ1n) is 7.50. The van der Waals surface area contributed by atoms with Crippen LogP contribution in [-0.2, 0) is 22.8 Å². The van der Waals surface area contributed by atoms with E-state index in [1.54, 1.807) is 14.1 Å². The molecule has 1 aromatic heterocycles. The van der Waals surface area contributed by atoms with E-state index < -0.39 is 15.8 Å². The van der Waals surface area contributed by atoms with Gasteiger partial charge in [0.25, 0.3) is 0 Å². The molecule has 0 radical (unpaired) electrons. The van der Waals surface area contributed by atoms with Crippen molar-refractivity contribution in [3.05, 3.63) is 47.3 Å². The molecule has 6 nitrogen and oxygen atoms in total. The zero-order valence-electron chi connectivity index (χ0n) is 13.5. The number of fused-ring (bicyclic) bond motifs is 1. The number of carbonyl (C=O) groups excluding carboxylic acids is 1. The summed E-state index contributed by atoms with van der Waals surface area (Å²) in [4.78, 5) is 12.5. The standard InChI is InChI=1S/C16H20N4O2S/c1-19(2)23(3,22)18-16(21)15-13-10-7-11-14(13)20(17-15)12-8-5-4-6-9-12/h4-6,8-9H,7,10-11H2,1-3H3. The van der Waals surface area contributed by atoms with Crippen molar-refractivity contribution >= 4 is 15.8 Å². The predicted octanol–water partition coefficient (Wildman–Crippen LogP) is 2.08. The maximum absolute atomic E-state index is 12.5. The SMILES string of the molecule is CN(C)S(C)(=O)=NC(=O)c1nn(-c2ccccc2)c2c1CCC2. The highest BCUT2D eigenvalue weighted by molar-refractivity contribution is 7.90. The van der Waals surface area contributed by atoms with Gasteiger partial charge >= 0.3 is 5.91 Å². The molecule has 7 heteroatoms.